The maximum absolute atomic E-state index is 12.1. The molecule has 0 bridgehead atoms. The van der Waals surface area contributed by atoms with Gasteiger partial charge < -0.3 is 15.3 Å². The number of rotatable bonds is 2. The van der Waals surface area contributed by atoms with Crippen molar-refractivity contribution in [2.24, 2.45) is 5.73 Å². The molecule has 1 aliphatic heterocycles. The lowest BCUT2D eigenvalue weighted by molar-refractivity contribution is -0.286. The van der Waals surface area contributed by atoms with Gasteiger partial charge in [-0.2, -0.15) is 26.3 Å². The van der Waals surface area contributed by atoms with Crippen LogP contribution in [0.2, 0.25) is 0 Å². The third kappa shape index (κ3) is 4.74. The molecule has 21 heavy (non-hydrogen) atoms. The average molecular weight is 324 g/mol. The summed E-state index contributed by atoms with van der Waals surface area (Å²) in [7, 11) is 0. The van der Waals surface area contributed by atoms with Gasteiger partial charge in [0.05, 0.1) is 6.04 Å². The number of piperidine rings is 1. The van der Waals surface area contributed by atoms with Crippen LogP contribution in [0.15, 0.2) is 0 Å². The van der Waals surface area contributed by atoms with E-state index in [-0.39, 0.29) is 24.4 Å². The van der Waals surface area contributed by atoms with Crippen LogP contribution >= 0.6 is 0 Å². The van der Waals surface area contributed by atoms with E-state index in [1.807, 2.05) is 0 Å². The Balaban J connectivity index is 2.80. The summed E-state index contributed by atoms with van der Waals surface area (Å²) in [6.45, 7) is -0.356. The molecule has 0 aromatic heterocycles. The van der Waals surface area contributed by atoms with Crippen molar-refractivity contribution in [3.8, 4) is 0 Å². The molecule has 12 heteroatoms. The minimum absolute atomic E-state index is 0.0792. The summed E-state index contributed by atoms with van der Waals surface area (Å²) in [4.78, 5) is 25.3. The van der Waals surface area contributed by atoms with Crippen LogP contribution in [0.1, 0.15) is 12.8 Å². The smallest absolute Gasteiger partial charge is 0.435 e. The van der Waals surface area contributed by atoms with E-state index >= 15 is 0 Å². The predicted octanol–water partition coefficient (Wildman–Crippen LogP) is 0.862. The Labute approximate surface area is 113 Å². The lowest BCUT2D eigenvalue weighted by Crippen LogP contribution is -2.56. The Morgan fingerprint density at radius 3 is 2.05 bits per heavy atom. The minimum atomic E-state index is -5.35. The van der Waals surface area contributed by atoms with E-state index in [9.17, 15) is 35.9 Å². The molecule has 6 nitrogen and oxygen atoms in total. The molecule has 2 N–H and O–H groups in total. The molecule has 1 saturated heterocycles. The standard InChI is InChI=1S/C9H10F6N2O4/c10-8(11,12)6(18)20-5-4(16)2-1-3-17(5)21-7(19)9(13,14)15/h4-5H,1-3,16H2/t4-,5?/m0/s1. The largest absolute Gasteiger partial charge is 0.492 e. The van der Waals surface area contributed by atoms with Crippen LogP contribution in [-0.2, 0) is 19.2 Å². The number of nitrogens with zero attached hydrogens (tertiary/aromatic N) is 1. The van der Waals surface area contributed by atoms with Gasteiger partial charge in [-0.15, -0.1) is 0 Å². The van der Waals surface area contributed by atoms with Crippen LogP contribution in [-0.4, -0.2) is 48.2 Å². The Morgan fingerprint density at radius 2 is 1.57 bits per heavy atom. The normalized spacial score (nSPS) is 24.5. The van der Waals surface area contributed by atoms with E-state index in [0.29, 0.717) is 0 Å². The van der Waals surface area contributed by atoms with Crippen molar-refractivity contribution in [3.05, 3.63) is 0 Å². The Bertz CT molecular complexity index is 410. The molecule has 0 aromatic rings. The van der Waals surface area contributed by atoms with Crippen molar-refractivity contribution in [3.63, 3.8) is 0 Å². The number of hydroxylamine groups is 2. The fourth-order valence-electron chi connectivity index (χ4n) is 1.54. The topological polar surface area (TPSA) is 81.9 Å². The SMILES string of the molecule is N[C@H]1CCCN(OC(=O)C(F)(F)F)C1OC(=O)C(F)(F)F. The van der Waals surface area contributed by atoms with Gasteiger partial charge in [-0.3, -0.25) is 0 Å². The van der Waals surface area contributed by atoms with Crippen molar-refractivity contribution in [2.75, 3.05) is 6.54 Å². The van der Waals surface area contributed by atoms with Crippen LogP contribution in [0.3, 0.4) is 0 Å². The molecular formula is C9H10F6N2O4. The first kappa shape index (κ1) is 17.5. The van der Waals surface area contributed by atoms with E-state index in [1.54, 1.807) is 0 Å². The van der Waals surface area contributed by atoms with Gasteiger partial charge in [-0.05, 0) is 12.8 Å². The van der Waals surface area contributed by atoms with E-state index in [0.717, 1.165) is 0 Å². The molecule has 2 atom stereocenters. The number of carbonyl (C=O) groups is 2. The molecule has 1 rings (SSSR count). The maximum Gasteiger partial charge on any atom is 0.492 e. The number of hydrogen-bond acceptors (Lipinski definition) is 6. The number of hydrogen-bond donors (Lipinski definition) is 1. The molecule has 122 valence electrons. The Kier molecular flexibility index (Phi) is 5.04. The first-order chi connectivity index (χ1) is 9.43. The summed E-state index contributed by atoms with van der Waals surface area (Å²) in [5.74, 6) is -5.29. The predicted molar refractivity (Wildman–Crippen MR) is 52.0 cm³/mol. The van der Waals surface area contributed by atoms with Crippen molar-refractivity contribution in [2.45, 2.75) is 37.5 Å². The van der Waals surface area contributed by atoms with E-state index in [1.165, 1.54) is 0 Å². The van der Waals surface area contributed by atoms with Gasteiger partial charge in [0.2, 0.25) is 6.23 Å². The highest BCUT2D eigenvalue weighted by atomic mass is 19.4. The molecule has 1 aliphatic rings. The summed E-state index contributed by atoms with van der Waals surface area (Å²) in [6, 6.07) is -1.23. The van der Waals surface area contributed by atoms with E-state index < -0.39 is 36.6 Å². The number of esters is 1. The Morgan fingerprint density at radius 1 is 1.05 bits per heavy atom. The van der Waals surface area contributed by atoms with Gasteiger partial charge in [0, 0.05) is 6.54 Å². The molecule has 1 fully saturated rings. The highest BCUT2D eigenvalue weighted by Gasteiger charge is 2.48. The quantitative estimate of drug-likeness (QED) is 0.599. The second-order valence-electron chi connectivity index (χ2n) is 4.12. The van der Waals surface area contributed by atoms with Gasteiger partial charge in [-0.1, -0.05) is 5.06 Å². The third-order valence-electron chi connectivity index (χ3n) is 2.46. The van der Waals surface area contributed by atoms with Gasteiger partial charge in [0.1, 0.15) is 0 Å². The molecule has 0 amide bonds. The summed E-state index contributed by atoms with van der Waals surface area (Å²) in [6.07, 6.45) is -12.4. The molecule has 1 heterocycles. The van der Waals surface area contributed by atoms with Crippen LogP contribution in [0, 0.1) is 0 Å². The fourth-order valence-corrected chi connectivity index (χ4v) is 1.54. The zero-order valence-corrected chi connectivity index (χ0v) is 10.2. The highest BCUT2D eigenvalue weighted by Crippen LogP contribution is 2.25. The molecule has 0 radical (unpaired) electrons. The van der Waals surface area contributed by atoms with E-state index in [4.69, 9.17) is 5.73 Å². The summed E-state index contributed by atoms with van der Waals surface area (Å²) < 4.78 is 76.4. The first-order valence-corrected chi connectivity index (χ1v) is 5.52. The lowest BCUT2D eigenvalue weighted by atomic mass is 10.1. The van der Waals surface area contributed by atoms with Crippen molar-refractivity contribution < 1.29 is 45.5 Å². The Hall–Kier alpha value is -1.56. The first-order valence-electron chi connectivity index (χ1n) is 5.52. The van der Waals surface area contributed by atoms with Crippen LogP contribution in [0.5, 0.6) is 0 Å². The zero-order chi connectivity index (χ0) is 16.4. The molecular weight excluding hydrogens is 314 g/mol. The molecule has 0 saturated carbocycles. The van der Waals surface area contributed by atoms with Crippen LogP contribution in [0.25, 0.3) is 0 Å². The number of alkyl halides is 6. The number of halogens is 6. The maximum atomic E-state index is 12.1. The van der Waals surface area contributed by atoms with Crippen molar-refractivity contribution in [1.29, 1.82) is 0 Å². The van der Waals surface area contributed by atoms with E-state index in [2.05, 4.69) is 9.57 Å². The second-order valence-corrected chi connectivity index (χ2v) is 4.12. The van der Waals surface area contributed by atoms with Crippen LogP contribution in [0.4, 0.5) is 26.3 Å². The zero-order valence-electron chi connectivity index (χ0n) is 10.2. The molecule has 0 aromatic carbocycles. The number of carbonyl (C=O) groups excluding carboxylic acids is 2. The molecule has 0 aliphatic carbocycles. The van der Waals surface area contributed by atoms with Gasteiger partial charge in [0.25, 0.3) is 0 Å². The van der Waals surface area contributed by atoms with Gasteiger partial charge in [0.15, 0.2) is 0 Å². The summed E-state index contributed by atoms with van der Waals surface area (Å²) in [5.41, 5.74) is 5.39. The van der Waals surface area contributed by atoms with Crippen LogP contribution < -0.4 is 5.73 Å². The van der Waals surface area contributed by atoms with Crippen molar-refractivity contribution in [1.82, 2.24) is 5.06 Å². The van der Waals surface area contributed by atoms with Gasteiger partial charge >= 0.3 is 24.3 Å². The molecule has 0 spiro atoms. The molecule has 1 unspecified atom stereocenters. The van der Waals surface area contributed by atoms with Gasteiger partial charge in [-0.25, -0.2) is 9.59 Å². The highest BCUT2D eigenvalue weighted by molar-refractivity contribution is 5.76. The van der Waals surface area contributed by atoms with Crippen molar-refractivity contribution >= 4 is 11.9 Å². The summed E-state index contributed by atoms with van der Waals surface area (Å²) in [5, 5.41) is 0.188. The lowest BCUT2D eigenvalue weighted by Gasteiger charge is -2.36. The second kappa shape index (κ2) is 6.05. The summed E-state index contributed by atoms with van der Waals surface area (Å²) >= 11 is 0. The minimum Gasteiger partial charge on any atom is -0.435 e. The number of ether oxygens (including phenoxy) is 1. The average Bonchev–Trinajstić information content (AvgIpc) is 2.30. The number of nitrogens with two attached hydrogens (primary N) is 1. The fraction of sp³-hybridized carbons (Fsp3) is 0.778. The third-order valence-corrected chi connectivity index (χ3v) is 2.46. The monoisotopic (exact) mass is 324 g/mol.